The molecule has 1 aromatic heterocycles. The molecule has 1 atom stereocenters. The standard InChI is InChI=1S/C15H26ClN3O/c1-8-19(10(2)9-20-7)13-11(3)12(16)17-14(18-13)15(4,5)6/h10H,8-9H2,1-7H3. The number of hydrogen-bond donors (Lipinski definition) is 0. The SMILES string of the molecule is CCN(c1nc(C(C)(C)C)nc(Cl)c1C)C(C)COC. The summed E-state index contributed by atoms with van der Waals surface area (Å²) in [5.74, 6) is 1.67. The van der Waals surface area contributed by atoms with Gasteiger partial charge in [0.15, 0.2) is 0 Å². The summed E-state index contributed by atoms with van der Waals surface area (Å²) >= 11 is 6.30. The summed E-state index contributed by atoms with van der Waals surface area (Å²) in [5, 5.41) is 0.531. The van der Waals surface area contributed by atoms with Crippen molar-refractivity contribution in [1.29, 1.82) is 0 Å². The Morgan fingerprint density at radius 1 is 1.30 bits per heavy atom. The highest BCUT2D eigenvalue weighted by molar-refractivity contribution is 6.30. The number of ether oxygens (including phenoxy) is 1. The zero-order valence-corrected chi connectivity index (χ0v) is 14.4. The highest BCUT2D eigenvalue weighted by Gasteiger charge is 2.24. The summed E-state index contributed by atoms with van der Waals surface area (Å²) in [5.41, 5.74) is 0.792. The van der Waals surface area contributed by atoms with E-state index in [1.807, 2.05) is 6.92 Å². The van der Waals surface area contributed by atoms with E-state index in [0.717, 1.165) is 23.8 Å². The van der Waals surface area contributed by atoms with Crippen LogP contribution in [0.2, 0.25) is 5.15 Å². The Hall–Kier alpha value is -0.870. The Kier molecular flexibility index (Phi) is 5.78. The molecular weight excluding hydrogens is 274 g/mol. The van der Waals surface area contributed by atoms with Crippen LogP contribution in [0.3, 0.4) is 0 Å². The number of anilines is 1. The second-order valence-electron chi connectivity index (χ2n) is 6.13. The fraction of sp³-hybridized carbons (Fsp3) is 0.733. The maximum Gasteiger partial charge on any atom is 0.137 e. The van der Waals surface area contributed by atoms with Gasteiger partial charge in [-0.3, -0.25) is 0 Å². The summed E-state index contributed by atoms with van der Waals surface area (Å²) in [6.07, 6.45) is 0. The van der Waals surface area contributed by atoms with E-state index in [1.165, 1.54) is 0 Å². The number of likely N-dealkylation sites (N-methyl/N-ethyl adjacent to an activating group) is 1. The molecule has 0 fully saturated rings. The predicted molar refractivity (Wildman–Crippen MR) is 84.8 cm³/mol. The van der Waals surface area contributed by atoms with Crippen LogP contribution in [0.25, 0.3) is 0 Å². The maximum atomic E-state index is 6.30. The van der Waals surface area contributed by atoms with Crippen LogP contribution in [-0.4, -0.2) is 36.3 Å². The monoisotopic (exact) mass is 299 g/mol. The van der Waals surface area contributed by atoms with Gasteiger partial charge in [-0.15, -0.1) is 0 Å². The molecular formula is C15H26ClN3O. The molecule has 0 bridgehead atoms. The third-order valence-corrected chi connectivity index (χ3v) is 3.65. The van der Waals surface area contributed by atoms with Gasteiger partial charge in [-0.2, -0.15) is 0 Å². The molecule has 0 saturated carbocycles. The Labute approximate surface area is 127 Å². The zero-order chi connectivity index (χ0) is 15.5. The first-order chi connectivity index (χ1) is 9.22. The first-order valence-electron chi connectivity index (χ1n) is 7.02. The average molecular weight is 300 g/mol. The number of rotatable bonds is 5. The molecule has 0 saturated heterocycles. The fourth-order valence-electron chi connectivity index (χ4n) is 2.09. The lowest BCUT2D eigenvalue weighted by Crippen LogP contribution is -2.38. The van der Waals surface area contributed by atoms with Crippen molar-refractivity contribution in [2.75, 3.05) is 25.2 Å². The molecule has 1 unspecified atom stereocenters. The van der Waals surface area contributed by atoms with Gasteiger partial charge in [-0.25, -0.2) is 9.97 Å². The lowest BCUT2D eigenvalue weighted by molar-refractivity contribution is 0.181. The first-order valence-corrected chi connectivity index (χ1v) is 7.40. The Balaban J connectivity index is 3.30. The topological polar surface area (TPSA) is 38.2 Å². The van der Waals surface area contributed by atoms with Crippen LogP contribution in [-0.2, 0) is 10.2 Å². The van der Waals surface area contributed by atoms with Crippen LogP contribution in [0.1, 0.15) is 46.0 Å². The quantitative estimate of drug-likeness (QED) is 0.779. The molecule has 1 aromatic rings. The summed E-state index contributed by atoms with van der Waals surface area (Å²) in [6.45, 7) is 14.0. The summed E-state index contributed by atoms with van der Waals surface area (Å²) in [6, 6.07) is 0.238. The molecule has 4 nitrogen and oxygen atoms in total. The van der Waals surface area contributed by atoms with Crippen LogP contribution in [0.4, 0.5) is 5.82 Å². The van der Waals surface area contributed by atoms with E-state index in [-0.39, 0.29) is 11.5 Å². The largest absolute Gasteiger partial charge is 0.383 e. The second-order valence-corrected chi connectivity index (χ2v) is 6.49. The van der Waals surface area contributed by atoms with Crippen molar-refractivity contribution in [1.82, 2.24) is 9.97 Å². The number of halogens is 1. The number of hydrogen-bond acceptors (Lipinski definition) is 4. The summed E-state index contributed by atoms with van der Waals surface area (Å²) in [7, 11) is 1.71. The molecule has 20 heavy (non-hydrogen) atoms. The van der Waals surface area contributed by atoms with E-state index in [4.69, 9.17) is 21.3 Å². The lowest BCUT2D eigenvalue weighted by Gasteiger charge is -2.31. The average Bonchev–Trinajstić information content (AvgIpc) is 2.34. The van der Waals surface area contributed by atoms with E-state index < -0.39 is 0 Å². The zero-order valence-electron chi connectivity index (χ0n) is 13.6. The second kappa shape index (κ2) is 6.72. The maximum absolute atomic E-state index is 6.30. The third-order valence-electron chi connectivity index (χ3n) is 3.28. The normalized spacial score (nSPS) is 13.4. The van der Waals surface area contributed by atoms with Gasteiger partial charge in [0.1, 0.15) is 16.8 Å². The van der Waals surface area contributed by atoms with Crippen LogP contribution in [0.5, 0.6) is 0 Å². The van der Waals surface area contributed by atoms with E-state index in [2.05, 4.69) is 44.5 Å². The molecule has 0 aliphatic rings. The molecule has 1 heterocycles. The lowest BCUT2D eigenvalue weighted by atomic mass is 9.95. The van der Waals surface area contributed by atoms with Crippen molar-refractivity contribution >= 4 is 17.4 Å². The van der Waals surface area contributed by atoms with E-state index in [9.17, 15) is 0 Å². The van der Waals surface area contributed by atoms with Crippen molar-refractivity contribution in [2.45, 2.75) is 53.0 Å². The van der Waals surface area contributed by atoms with Crippen molar-refractivity contribution in [3.8, 4) is 0 Å². The molecule has 1 rings (SSSR count). The molecule has 0 radical (unpaired) electrons. The van der Waals surface area contributed by atoms with Crippen LogP contribution in [0.15, 0.2) is 0 Å². The minimum absolute atomic E-state index is 0.129. The third kappa shape index (κ3) is 3.83. The fourth-order valence-corrected chi connectivity index (χ4v) is 2.26. The smallest absolute Gasteiger partial charge is 0.137 e. The Bertz CT molecular complexity index is 457. The molecule has 0 aliphatic heterocycles. The van der Waals surface area contributed by atoms with Crippen molar-refractivity contribution in [2.24, 2.45) is 0 Å². The number of aromatic nitrogens is 2. The number of nitrogens with zero attached hydrogens (tertiary/aromatic N) is 3. The Morgan fingerprint density at radius 3 is 2.35 bits per heavy atom. The van der Waals surface area contributed by atoms with Crippen molar-refractivity contribution in [3.05, 3.63) is 16.5 Å². The van der Waals surface area contributed by atoms with Crippen molar-refractivity contribution < 1.29 is 4.74 Å². The predicted octanol–water partition coefficient (Wildman–Crippen LogP) is 3.60. The van der Waals surface area contributed by atoms with Crippen LogP contribution >= 0.6 is 11.6 Å². The van der Waals surface area contributed by atoms with Gasteiger partial charge in [0, 0.05) is 24.6 Å². The van der Waals surface area contributed by atoms with Crippen LogP contribution in [0, 0.1) is 6.92 Å². The number of methoxy groups -OCH3 is 1. The van der Waals surface area contributed by atoms with Crippen LogP contribution < -0.4 is 4.90 Å². The minimum Gasteiger partial charge on any atom is -0.383 e. The Morgan fingerprint density at radius 2 is 1.90 bits per heavy atom. The van der Waals surface area contributed by atoms with Gasteiger partial charge in [0.25, 0.3) is 0 Å². The highest BCUT2D eigenvalue weighted by Crippen LogP contribution is 2.29. The summed E-state index contributed by atoms with van der Waals surface area (Å²) < 4.78 is 5.26. The van der Waals surface area contributed by atoms with E-state index in [0.29, 0.717) is 11.8 Å². The molecule has 5 heteroatoms. The van der Waals surface area contributed by atoms with Gasteiger partial charge in [0.2, 0.25) is 0 Å². The molecule has 0 aromatic carbocycles. The minimum atomic E-state index is -0.129. The van der Waals surface area contributed by atoms with Gasteiger partial charge in [-0.05, 0) is 20.8 Å². The molecule has 0 amide bonds. The molecule has 0 spiro atoms. The van der Waals surface area contributed by atoms with Gasteiger partial charge in [-0.1, -0.05) is 32.4 Å². The van der Waals surface area contributed by atoms with E-state index >= 15 is 0 Å². The van der Waals surface area contributed by atoms with Gasteiger partial charge >= 0.3 is 0 Å². The molecule has 0 aliphatic carbocycles. The van der Waals surface area contributed by atoms with E-state index in [1.54, 1.807) is 7.11 Å². The first kappa shape index (κ1) is 17.2. The molecule has 114 valence electrons. The molecule has 0 N–H and O–H groups in total. The van der Waals surface area contributed by atoms with Gasteiger partial charge in [0.05, 0.1) is 12.6 Å². The summed E-state index contributed by atoms with van der Waals surface area (Å²) in [4.78, 5) is 11.4. The highest BCUT2D eigenvalue weighted by atomic mass is 35.5. The van der Waals surface area contributed by atoms with Gasteiger partial charge < -0.3 is 9.64 Å². The van der Waals surface area contributed by atoms with Crippen molar-refractivity contribution in [3.63, 3.8) is 0 Å².